The Kier molecular flexibility index (Phi) is 3.61. The van der Waals surface area contributed by atoms with E-state index in [4.69, 9.17) is 0 Å². The van der Waals surface area contributed by atoms with Gasteiger partial charge in [0.1, 0.15) is 17.9 Å². The molecule has 4 heteroatoms. The molecule has 0 saturated carbocycles. The molecule has 1 aromatic rings. The van der Waals surface area contributed by atoms with Gasteiger partial charge in [0.05, 0.1) is 0 Å². The molecule has 0 aliphatic rings. The SMILES string of the molecule is CCC(=O)CCCc1ncnn1C. The van der Waals surface area contributed by atoms with E-state index in [0.717, 1.165) is 18.7 Å². The van der Waals surface area contributed by atoms with E-state index in [2.05, 4.69) is 10.1 Å². The summed E-state index contributed by atoms with van der Waals surface area (Å²) in [5.41, 5.74) is 0. The summed E-state index contributed by atoms with van der Waals surface area (Å²) >= 11 is 0. The van der Waals surface area contributed by atoms with Crippen molar-refractivity contribution in [1.29, 1.82) is 0 Å². The Balaban J connectivity index is 2.28. The third kappa shape index (κ3) is 2.97. The average molecular weight is 181 g/mol. The fourth-order valence-corrected chi connectivity index (χ4v) is 1.17. The highest BCUT2D eigenvalue weighted by molar-refractivity contribution is 5.77. The van der Waals surface area contributed by atoms with E-state index in [-0.39, 0.29) is 0 Å². The Hall–Kier alpha value is -1.19. The summed E-state index contributed by atoms with van der Waals surface area (Å²) in [6, 6.07) is 0. The summed E-state index contributed by atoms with van der Waals surface area (Å²) in [6.45, 7) is 1.89. The first kappa shape index (κ1) is 9.89. The van der Waals surface area contributed by atoms with Crippen LogP contribution in [-0.4, -0.2) is 20.5 Å². The van der Waals surface area contributed by atoms with Crippen LogP contribution in [0.2, 0.25) is 0 Å². The number of carbonyl (C=O) groups excluding carboxylic acids is 1. The molecule has 1 heterocycles. The van der Waals surface area contributed by atoms with Crippen molar-refractivity contribution in [1.82, 2.24) is 14.8 Å². The molecule has 0 aliphatic heterocycles. The third-order valence-corrected chi connectivity index (χ3v) is 2.06. The van der Waals surface area contributed by atoms with Crippen molar-refractivity contribution in [2.75, 3.05) is 0 Å². The van der Waals surface area contributed by atoms with Crippen LogP contribution in [0.3, 0.4) is 0 Å². The van der Waals surface area contributed by atoms with Crippen molar-refractivity contribution in [2.45, 2.75) is 32.6 Å². The number of aromatic nitrogens is 3. The lowest BCUT2D eigenvalue weighted by Crippen LogP contribution is -2.02. The fraction of sp³-hybridized carbons (Fsp3) is 0.667. The maximum Gasteiger partial charge on any atom is 0.138 e. The lowest BCUT2D eigenvalue weighted by molar-refractivity contribution is -0.118. The topological polar surface area (TPSA) is 47.8 Å². The number of hydrogen-bond donors (Lipinski definition) is 0. The number of hydrogen-bond acceptors (Lipinski definition) is 3. The number of carbonyl (C=O) groups is 1. The zero-order chi connectivity index (χ0) is 9.68. The summed E-state index contributed by atoms with van der Waals surface area (Å²) in [6.07, 6.45) is 4.54. The summed E-state index contributed by atoms with van der Waals surface area (Å²) < 4.78 is 1.75. The van der Waals surface area contributed by atoms with E-state index in [1.807, 2.05) is 14.0 Å². The molecule has 1 aromatic heterocycles. The second-order valence-electron chi connectivity index (χ2n) is 3.05. The van der Waals surface area contributed by atoms with E-state index < -0.39 is 0 Å². The predicted octanol–water partition coefficient (Wildman–Crippen LogP) is 1.12. The molecule has 0 fully saturated rings. The molecule has 13 heavy (non-hydrogen) atoms. The molecule has 0 aromatic carbocycles. The number of rotatable bonds is 5. The van der Waals surface area contributed by atoms with Gasteiger partial charge in [0, 0.05) is 26.3 Å². The lowest BCUT2D eigenvalue weighted by Gasteiger charge is -1.98. The molecule has 1 rings (SSSR count). The van der Waals surface area contributed by atoms with Gasteiger partial charge in [-0.3, -0.25) is 9.48 Å². The molecule has 0 spiro atoms. The van der Waals surface area contributed by atoms with Gasteiger partial charge in [-0.05, 0) is 6.42 Å². The first-order valence-electron chi connectivity index (χ1n) is 4.58. The molecule has 0 atom stereocenters. The van der Waals surface area contributed by atoms with Crippen LogP contribution in [0.25, 0.3) is 0 Å². The number of nitrogens with zero attached hydrogens (tertiary/aromatic N) is 3. The zero-order valence-corrected chi connectivity index (χ0v) is 8.16. The van der Waals surface area contributed by atoms with Gasteiger partial charge in [-0.25, -0.2) is 4.98 Å². The zero-order valence-electron chi connectivity index (χ0n) is 8.16. The van der Waals surface area contributed by atoms with Gasteiger partial charge < -0.3 is 0 Å². The van der Waals surface area contributed by atoms with Gasteiger partial charge in [-0.15, -0.1) is 0 Å². The predicted molar refractivity (Wildman–Crippen MR) is 49.2 cm³/mol. The molecular weight excluding hydrogens is 166 g/mol. The van der Waals surface area contributed by atoms with E-state index in [0.29, 0.717) is 18.6 Å². The number of Topliss-reactive ketones (excluding diaryl/α,β-unsaturated/α-hetero) is 1. The van der Waals surface area contributed by atoms with Crippen molar-refractivity contribution in [3.05, 3.63) is 12.2 Å². The number of ketones is 1. The van der Waals surface area contributed by atoms with Crippen LogP contribution in [0.4, 0.5) is 0 Å². The van der Waals surface area contributed by atoms with Crippen LogP contribution in [0, 0.1) is 0 Å². The summed E-state index contributed by atoms with van der Waals surface area (Å²) in [7, 11) is 1.87. The molecule has 0 unspecified atom stereocenters. The monoisotopic (exact) mass is 181 g/mol. The Morgan fingerprint density at radius 2 is 2.38 bits per heavy atom. The standard InChI is InChI=1S/C9H15N3O/c1-3-8(13)5-4-6-9-10-7-11-12(9)2/h7H,3-6H2,1-2H3. The number of aryl methyl sites for hydroxylation is 2. The van der Waals surface area contributed by atoms with Gasteiger partial charge in [-0.1, -0.05) is 6.92 Å². The first-order valence-corrected chi connectivity index (χ1v) is 4.58. The van der Waals surface area contributed by atoms with Crippen molar-refractivity contribution >= 4 is 5.78 Å². The lowest BCUT2D eigenvalue weighted by atomic mass is 10.1. The van der Waals surface area contributed by atoms with Gasteiger partial charge in [0.25, 0.3) is 0 Å². The van der Waals surface area contributed by atoms with Gasteiger partial charge in [0.15, 0.2) is 0 Å². The van der Waals surface area contributed by atoms with Crippen LogP contribution in [0.1, 0.15) is 32.0 Å². The van der Waals surface area contributed by atoms with Crippen LogP contribution in [0.15, 0.2) is 6.33 Å². The average Bonchev–Trinajstić information content (AvgIpc) is 2.52. The Labute approximate surface area is 78.0 Å². The third-order valence-electron chi connectivity index (χ3n) is 2.06. The van der Waals surface area contributed by atoms with Crippen LogP contribution >= 0.6 is 0 Å². The highest BCUT2D eigenvalue weighted by Crippen LogP contribution is 2.01. The fourth-order valence-electron chi connectivity index (χ4n) is 1.17. The minimum absolute atomic E-state index is 0.321. The van der Waals surface area contributed by atoms with Gasteiger partial charge in [-0.2, -0.15) is 5.10 Å². The summed E-state index contributed by atoms with van der Waals surface area (Å²) in [5.74, 6) is 1.27. The van der Waals surface area contributed by atoms with Crippen LogP contribution in [0.5, 0.6) is 0 Å². The Morgan fingerprint density at radius 3 is 2.92 bits per heavy atom. The molecule has 4 nitrogen and oxygen atoms in total. The van der Waals surface area contributed by atoms with E-state index in [9.17, 15) is 4.79 Å². The maximum atomic E-state index is 11.0. The normalized spacial score (nSPS) is 10.3. The van der Waals surface area contributed by atoms with Gasteiger partial charge in [0.2, 0.25) is 0 Å². The van der Waals surface area contributed by atoms with Gasteiger partial charge >= 0.3 is 0 Å². The highest BCUT2D eigenvalue weighted by atomic mass is 16.1. The van der Waals surface area contributed by atoms with Crippen LogP contribution in [-0.2, 0) is 18.3 Å². The smallest absolute Gasteiger partial charge is 0.138 e. The molecular formula is C9H15N3O. The molecule has 0 aliphatic carbocycles. The molecule has 0 bridgehead atoms. The van der Waals surface area contributed by atoms with E-state index in [1.54, 1.807) is 4.68 Å². The summed E-state index contributed by atoms with van der Waals surface area (Å²) in [4.78, 5) is 15.1. The Bertz CT molecular complexity index is 280. The largest absolute Gasteiger partial charge is 0.300 e. The van der Waals surface area contributed by atoms with Crippen molar-refractivity contribution < 1.29 is 4.79 Å². The van der Waals surface area contributed by atoms with E-state index in [1.165, 1.54) is 6.33 Å². The maximum absolute atomic E-state index is 11.0. The minimum Gasteiger partial charge on any atom is -0.300 e. The van der Waals surface area contributed by atoms with Crippen LogP contribution < -0.4 is 0 Å². The Morgan fingerprint density at radius 1 is 1.62 bits per heavy atom. The van der Waals surface area contributed by atoms with E-state index >= 15 is 0 Å². The molecule has 72 valence electrons. The second-order valence-corrected chi connectivity index (χ2v) is 3.05. The second kappa shape index (κ2) is 4.74. The molecule has 0 saturated heterocycles. The first-order chi connectivity index (χ1) is 6.24. The van der Waals surface area contributed by atoms with Crippen molar-refractivity contribution in [2.24, 2.45) is 7.05 Å². The molecule has 0 amide bonds. The molecule has 0 N–H and O–H groups in total. The van der Waals surface area contributed by atoms with Crippen molar-refractivity contribution in [3.8, 4) is 0 Å². The minimum atomic E-state index is 0.321. The highest BCUT2D eigenvalue weighted by Gasteiger charge is 2.02. The quantitative estimate of drug-likeness (QED) is 0.683. The summed E-state index contributed by atoms with van der Waals surface area (Å²) in [5, 5.41) is 3.96. The van der Waals surface area contributed by atoms with Crippen molar-refractivity contribution in [3.63, 3.8) is 0 Å². The molecule has 0 radical (unpaired) electrons.